The predicted octanol–water partition coefficient (Wildman–Crippen LogP) is 1.44. The van der Waals surface area contributed by atoms with E-state index in [1.165, 1.54) is 11.6 Å². The van der Waals surface area contributed by atoms with Gasteiger partial charge < -0.3 is 15.0 Å². The predicted molar refractivity (Wildman–Crippen MR) is 79.8 cm³/mol. The molecule has 21 heavy (non-hydrogen) atoms. The van der Waals surface area contributed by atoms with Crippen molar-refractivity contribution < 1.29 is 9.90 Å². The molecule has 0 spiro atoms. The molecular weight excluding hydrogens is 270 g/mol. The summed E-state index contributed by atoms with van der Waals surface area (Å²) in [6.07, 6.45) is 0.724. The number of hydrogen-bond acceptors (Lipinski definition) is 4. The minimum Gasteiger partial charge on any atom is -0.476 e. The van der Waals surface area contributed by atoms with E-state index in [2.05, 4.69) is 10.3 Å². The lowest BCUT2D eigenvalue weighted by Crippen LogP contribution is -2.28. The number of benzene rings is 1. The van der Waals surface area contributed by atoms with Crippen molar-refractivity contribution in [2.24, 2.45) is 7.05 Å². The first kappa shape index (κ1) is 14.8. The van der Waals surface area contributed by atoms with Gasteiger partial charge in [0, 0.05) is 13.6 Å². The van der Waals surface area contributed by atoms with Gasteiger partial charge >= 0.3 is 5.97 Å². The summed E-state index contributed by atoms with van der Waals surface area (Å²) >= 11 is 0. The second kappa shape index (κ2) is 6.21. The Morgan fingerprint density at radius 1 is 1.33 bits per heavy atom. The molecule has 1 heterocycles. The molecule has 0 saturated heterocycles. The van der Waals surface area contributed by atoms with Crippen molar-refractivity contribution in [2.45, 2.75) is 13.3 Å². The molecule has 0 fully saturated rings. The Morgan fingerprint density at radius 2 is 2.00 bits per heavy atom. The number of anilines is 1. The highest BCUT2D eigenvalue weighted by Gasteiger charge is 2.16. The molecule has 6 heteroatoms. The highest BCUT2D eigenvalue weighted by atomic mass is 16.4. The number of carbonyl (C=O) groups is 1. The van der Waals surface area contributed by atoms with E-state index in [4.69, 9.17) is 5.11 Å². The topological polar surface area (TPSA) is 84.2 Å². The maximum absolute atomic E-state index is 12.1. The minimum absolute atomic E-state index is 0.0661. The number of aromatic carboxylic acids is 1. The van der Waals surface area contributed by atoms with Crippen LogP contribution >= 0.6 is 0 Å². The first-order valence-electron chi connectivity index (χ1n) is 6.59. The number of carboxylic acid groups (broad SMARTS) is 1. The van der Waals surface area contributed by atoms with Crippen molar-refractivity contribution in [1.29, 1.82) is 0 Å². The lowest BCUT2D eigenvalue weighted by Gasteiger charge is -2.11. The van der Waals surface area contributed by atoms with Crippen LogP contribution in [0.5, 0.6) is 0 Å². The molecule has 2 aromatic rings. The second-order valence-corrected chi connectivity index (χ2v) is 4.73. The lowest BCUT2D eigenvalue weighted by molar-refractivity contribution is 0.0688. The van der Waals surface area contributed by atoms with Crippen molar-refractivity contribution in [3.05, 3.63) is 57.6 Å². The van der Waals surface area contributed by atoms with Gasteiger partial charge in [-0.05, 0) is 18.9 Å². The maximum atomic E-state index is 12.1. The number of aromatic nitrogens is 2. The average molecular weight is 287 g/mol. The van der Waals surface area contributed by atoms with E-state index in [9.17, 15) is 9.59 Å². The zero-order valence-electron chi connectivity index (χ0n) is 12.0. The summed E-state index contributed by atoms with van der Waals surface area (Å²) in [4.78, 5) is 27.1. The van der Waals surface area contributed by atoms with Gasteiger partial charge in [0.1, 0.15) is 0 Å². The Kier molecular flexibility index (Phi) is 4.37. The van der Waals surface area contributed by atoms with E-state index in [0.29, 0.717) is 12.2 Å². The SMILES string of the molecule is Cc1c(C(=O)O)nc(NCCc2ccccc2)c(=O)n1C. The van der Waals surface area contributed by atoms with E-state index in [0.717, 1.165) is 12.0 Å². The Labute approximate surface area is 122 Å². The van der Waals surface area contributed by atoms with E-state index in [-0.39, 0.29) is 17.1 Å². The normalized spacial score (nSPS) is 10.4. The van der Waals surface area contributed by atoms with E-state index >= 15 is 0 Å². The molecule has 2 N–H and O–H groups in total. The summed E-state index contributed by atoms with van der Waals surface area (Å²) in [6.45, 7) is 2.07. The summed E-state index contributed by atoms with van der Waals surface area (Å²) < 4.78 is 1.29. The number of carboxylic acids is 1. The number of nitrogens with zero attached hydrogens (tertiary/aromatic N) is 2. The summed E-state index contributed by atoms with van der Waals surface area (Å²) in [5.41, 5.74) is 1.03. The summed E-state index contributed by atoms with van der Waals surface area (Å²) in [6, 6.07) is 9.81. The number of rotatable bonds is 5. The Balaban J connectivity index is 2.17. The average Bonchev–Trinajstić information content (AvgIpc) is 2.48. The molecule has 1 aromatic carbocycles. The van der Waals surface area contributed by atoms with Crippen LogP contribution in [0.4, 0.5) is 5.82 Å². The molecule has 0 unspecified atom stereocenters. The molecule has 110 valence electrons. The smallest absolute Gasteiger partial charge is 0.356 e. The molecule has 0 aliphatic carbocycles. The quantitative estimate of drug-likeness (QED) is 0.869. The molecule has 6 nitrogen and oxygen atoms in total. The minimum atomic E-state index is -1.14. The van der Waals surface area contributed by atoms with Gasteiger partial charge in [0.25, 0.3) is 5.56 Å². The summed E-state index contributed by atoms with van der Waals surface area (Å²) in [5.74, 6) is -1.08. The molecule has 0 saturated carbocycles. The first-order valence-corrected chi connectivity index (χ1v) is 6.59. The van der Waals surface area contributed by atoms with Crippen LogP contribution in [0.15, 0.2) is 35.1 Å². The molecule has 0 aliphatic heterocycles. The van der Waals surface area contributed by atoms with Gasteiger partial charge in [0.05, 0.1) is 5.69 Å². The molecule has 0 radical (unpaired) electrons. The monoisotopic (exact) mass is 287 g/mol. The summed E-state index contributed by atoms with van der Waals surface area (Å²) in [5, 5.41) is 12.0. The van der Waals surface area contributed by atoms with Crippen molar-refractivity contribution >= 4 is 11.8 Å². The maximum Gasteiger partial charge on any atom is 0.356 e. The van der Waals surface area contributed by atoms with Gasteiger partial charge in [-0.2, -0.15) is 0 Å². The van der Waals surface area contributed by atoms with Crippen LogP contribution in [0, 0.1) is 6.92 Å². The number of hydrogen-bond donors (Lipinski definition) is 2. The van der Waals surface area contributed by atoms with Gasteiger partial charge in [0.15, 0.2) is 11.5 Å². The number of nitrogens with one attached hydrogen (secondary N) is 1. The molecular formula is C15H17N3O3. The van der Waals surface area contributed by atoms with Gasteiger partial charge in [-0.3, -0.25) is 4.79 Å². The highest BCUT2D eigenvalue weighted by molar-refractivity contribution is 5.86. The van der Waals surface area contributed by atoms with Gasteiger partial charge in [-0.1, -0.05) is 30.3 Å². The molecule has 1 aromatic heterocycles. The van der Waals surface area contributed by atoms with Crippen LogP contribution in [0.1, 0.15) is 21.7 Å². The standard InChI is InChI=1S/C15H17N3O3/c1-10-12(15(20)21)17-13(14(19)18(10)2)16-9-8-11-6-4-3-5-7-11/h3-7H,8-9H2,1-2H3,(H,16,17)(H,20,21). The molecule has 0 bridgehead atoms. The van der Waals surface area contributed by atoms with Crippen LogP contribution in [-0.2, 0) is 13.5 Å². The van der Waals surface area contributed by atoms with Gasteiger partial charge in [-0.15, -0.1) is 0 Å². The van der Waals surface area contributed by atoms with Gasteiger partial charge in [-0.25, -0.2) is 9.78 Å². The van der Waals surface area contributed by atoms with Crippen molar-refractivity contribution in [2.75, 3.05) is 11.9 Å². The second-order valence-electron chi connectivity index (χ2n) is 4.73. The van der Waals surface area contributed by atoms with E-state index in [1.54, 1.807) is 6.92 Å². The largest absolute Gasteiger partial charge is 0.476 e. The zero-order chi connectivity index (χ0) is 15.4. The Morgan fingerprint density at radius 3 is 2.62 bits per heavy atom. The van der Waals surface area contributed by atoms with Crippen LogP contribution in [0.3, 0.4) is 0 Å². The van der Waals surface area contributed by atoms with Gasteiger partial charge in [0.2, 0.25) is 0 Å². The molecule has 0 atom stereocenters. The van der Waals surface area contributed by atoms with E-state index in [1.807, 2.05) is 30.3 Å². The molecule has 0 amide bonds. The first-order chi connectivity index (χ1) is 10.0. The van der Waals surface area contributed by atoms with E-state index < -0.39 is 5.97 Å². The highest BCUT2D eigenvalue weighted by Crippen LogP contribution is 2.06. The lowest BCUT2D eigenvalue weighted by atomic mass is 10.1. The van der Waals surface area contributed by atoms with Crippen LogP contribution in [-0.4, -0.2) is 27.2 Å². The van der Waals surface area contributed by atoms with Crippen molar-refractivity contribution in [3.63, 3.8) is 0 Å². The van der Waals surface area contributed by atoms with Crippen LogP contribution in [0.2, 0.25) is 0 Å². The fourth-order valence-corrected chi connectivity index (χ4v) is 2.00. The third kappa shape index (κ3) is 3.28. The third-order valence-corrected chi connectivity index (χ3v) is 3.33. The fourth-order valence-electron chi connectivity index (χ4n) is 2.00. The zero-order valence-corrected chi connectivity index (χ0v) is 12.0. The molecule has 0 aliphatic rings. The van der Waals surface area contributed by atoms with Crippen LogP contribution in [0.25, 0.3) is 0 Å². The fraction of sp³-hybridized carbons (Fsp3) is 0.267. The third-order valence-electron chi connectivity index (χ3n) is 3.33. The van der Waals surface area contributed by atoms with Crippen molar-refractivity contribution in [3.8, 4) is 0 Å². The molecule has 2 rings (SSSR count). The Bertz CT molecular complexity index is 708. The summed E-state index contributed by atoms with van der Waals surface area (Å²) in [7, 11) is 1.54. The van der Waals surface area contributed by atoms with Crippen LogP contribution < -0.4 is 10.9 Å². The Hall–Kier alpha value is -2.63. The van der Waals surface area contributed by atoms with Crippen molar-refractivity contribution in [1.82, 2.24) is 9.55 Å².